The second-order valence-corrected chi connectivity index (χ2v) is 8.27. The van der Waals surface area contributed by atoms with Gasteiger partial charge in [-0.1, -0.05) is 12.1 Å². The van der Waals surface area contributed by atoms with Crippen LogP contribution < -0.4 is 9.47 Å². The summed E-state index contributed by atoms with van der Waals surface area (Å²) in [6, 6.07) is 10.5. The minimum atomic E-state index is -0.820. The van der Waals surface area contributed by atoms with Crippen LogP contribution in [0.15, 0.2) is 48.0 Å². The van der Waals surface area contributed by atoms with Gasteiger partial charge < -0.3 is 29.1 Å². The number of ketones is 1. The van der Waals surface area contributed by atoms with Gasteiger partial charge in [-0.15, -0.1) is 0 Å². The number of nitrogens with zero attached hydrogens (tertiary/aromatic N) is 2. The fraction of sp³-hybridized carbons (Fsp3) is 0.320. The van der Waals surface area contributed by atoms with Gasteiger partial charge >= 0.3 is 5.97 Å². The Morgan fingerprint density at radius 1 is 1.06 bits per heavy atom. The van der Waals surface area contributed by atoms with Gasteiger partial charge in [0.2, 0.25) is 0 Å². The Kier molecular flexibility index (Phi) is 6.56. The van der Waals surface area contributed by atoms with Crippen molar-refractivity contribution in [1.82, 2.24) is 9.80 Å². The Bertz CT molecular complexity index is 1150. The largest absolute Gasteiger partial charge is 0.507 e. The molecule has 178 valence electrons. The third kappa shape index (κ3) is 4.34. The van der Waals surface area contributed by atoms with Crippen LogP contribution >= 0.6 is 0 Å². The highest BCUT2D eigenvalue weighted by Crippen LogP contribution is 2.41. The average Bonchev–Trinajstić information content (AvgIpc) is 3.11. The number of ether oxygens (including phenoxy) is 3. The molecule has 2 aromatic carbocycles. The monoisotopic (exact) mass is 466 g/mol. The summed E-state index contributed by atoms with van der Waals surface area (Å²) < 4.78 is 15.9. The van der Waals surface area contributed by atoms with Crippen LogP contribution in [0.1, 0.15) is 27.5 Å². The fourth-order valence-corrected chi connectivity index (χ4v) is 4.03. The Hall–Kier alpha value is -3.85. The zero-order valence-corrected chi connectivity index (χ0v) is 19.2. The molecule has 2 aliphatic rings. The van der Waals surface area contributed by atoms with Gasteiger partial charge in [0.25, 0.3) is 11.7 Å². The number of hydrogen-bond donors (Lipinski definition) is 1. The lowest BCUT2D eigenvalue weighted by Crippen LogP contribution is -2.35. The first-order valence-electron chi connectivity index (χ1n) is 10.8. The molecule has 0 saturated carbocycles. The number of Topliss-reactive ketones (excluding diaryl/α,β-unsaturated/α-hetero) is 1. The van der Waals surface area contributed by atoms with Gasteiger partial charge in [0.15, 0.2) is 11.5 Å². The van der Waals surface area contributed by atoms with Crippen LogP contribution in [0.4, 0.5) is 0 Å². The molecule has 0 spiro atoms. The second-order valence-electron chi connectivity index (χ2n) is 8.27. The maximum atomic E-state index is 13.1. The number of aliphatic hydroxyl groups excluding tert-OH is 1. The molecule has 1 fully saturated rings. The molecule has 1 amide bonds. The molecule has 0 radical (unpaired) electrons. The SMILES string of the molecule is COC(=O)c1ccc([C@H]2/C(=C(\O)c3ccc4c(c3)OCCO4)C(=O)C(=O)N2CCN(C)C)cc1. The summed E-state index contributed by atoms with van der Waals surface area (Å²) in [6.45, 7) is 1.60. The van der Waals surface area contributed by atoms with Crippen molar-refractivity contribution in [3.63, 3.8) is 0 Å². The normalized spacial score (nSPS) is 18.9. The lowest BCUT2D eigenvalue weighted by atomic mass is 9.94. The van der Waals surface area contributed by atoms with Crippen molar-refractivity contribution >= 4 is 23.4 Å². The van der Waals surface area contributed by atoms with Crippen molar-refractivity contribution in [1.29, 1.82) is 0 Å². The van der Waals surface area contributed by atoms with E-state index in [-0.39, 0.29) is 17.9 Å². The summed E-state index contributed by atoms with van der Waals surface area (Å²) in [4.78, 5) is 41.3. The van der Waals surface area contributed by atoms with E-state index in [1.807, 2.05) is 19.0 Å². The Balaban J connectivity index is 1.80. The molecular weight excluding hydrogens is 440 g/mol. The van der Waals surface area contributed by atoms with Crippen LogP contribution in [0.3, 0.4) is 0 Å². The number of likely N-dealkylation sites (tertiary alicyclic amines) is 1. The first kappa shape index (κ1) is 23.3. The summed E-state index contributed by atoms with van der Waals surface area (Å²) in [5.74, 6) is -1.26. The number of amides is 1. The number of fused-ring (bicyclic) bond motifs is 1. The number of esters is 1. The van der Waals surface area contributed by atoms with E-state index in [1.165, 1.54) is 12.0 Å². The summed E-state index contributed by atoms with van der Waals surface area (Å²) in [6.07, 6.45) is 0. The number of aliphatic hydroxyl groups is 1. The molecule has 2 aliphatic heterocycles. The van der Waals surface area contributed by atoms with Gasteiger partial charge in [-0.25, -0.2) is 4.79 Å². The van der Waals surface area contributed by atoms with E-state index in [4.69, 9.17) is 14.2 Å². The summed E-state index contributed by atoms with van der Waals surface area (Å²) in [5.41, 5.74) is 1.24. The van der Waals surface area contributed by atoms with Crippen molar-refractivity contribution < 1.29 is 33.7 Å². The Morgan fingerprint density at radius 2 is 1.71 bits per heavy atom. The van der Waals surface area contributed by atoms with Crippen LogP contribution in [0.2, 0.25) is 0 Å². The number of rotatable bonds is 6. The minimum absolute atomic E-state index is 0.0220. The number of carbonyl (C=O) groups excluding carboxylic acids is 3. The molecule has 2 aromatic rings. The van der Waals surface area contributed by atoms with Crippen molar-refractivity contribution in [2.75, 3.05) is 47.5 Å². The molecular formula is C25H26N2O7. The molecule has 2 heterocycles. The predicted octanol–water partition coefficient (Wildman–Crippen LogP) is 2.23. The van der Waals surface area contributed by atoms with E-state index < -0.39 is 23.7 Å². The topological polar surface area (TPSA) is 106 Å². The van der Waals surface area contributed by atoms with Gasteiger partial charge in [0, 0.05) is 18.7 Å². The van der Waals surface area contributed by atoms with E-state index >= 15 is 0 Å². The number of carbonyl (C=O) groups is 3. The second kappa shape index (κ2) is 9.56. The number of benzene rings is 2. The zero-order chi connectivity index (χ0) is 24.4. The van der Waals surface area contributed by atoms with Gasteiger partial charge in [-0.2, -0.15) is 0 Å². The fourth-order valence-electron chi connectivity index (χ4n) is 4.03. The highest BCUT2D eigenvalue weighted by molar-refractivity contribution is 6.46. The van der Waals surface area contributed by atoms with Gasteiger partial charge in [0.05, 0.1) is 24.3 Å². The lowest BCUT2D eigenvalue weighted by molar-refractivity contribution is -0.140. The molecule has 0 aliphatic carbocycles. The Labute approximate surface area is 197 Å². The Morgan fingerprint density at radius 3 is 2.35 bits per heavy atom. The van der Waals surface area contributed by atoms with E-state index in [1.54, 1.807) is 42.5 Å². The molecule has 0 aromatic heterocycles. The molecule has 34 heavy (non-hydrogen) atoms. The highest BCUT2D eigenvalue weighted by atomic mass is 16.6. The summed E-state index contributed by atoms with van der Waals surface area (Å²) in [7, 11) is 5.03. The third-order valence-electron chi connectivity index (χ3n) is 5.79. The number of hydrogen-bond acceptors (Lipinski definition) is 8. The maximum absolute atomic E-state index is 13.1. The molecule has 0 unspecified atom stereocenters. The predicted molar refractivity (Wildman–Crippen MR) is 123 cm³/mol. The molecule has 9 nitrogen and oxygen atoms in total. The average molecular weight is 466 g/mol. The molecule has 4 rings (SSSR count). The number of likely N-dealkylation sites (N-methyl/N-ethyl adjacent to an activating group) is 1. The quantitative estimate of drug-likeness (QED) is 0.299. The standard InChI is InChI=1S/C25H26N2O7/c1-26(2)10-11-27-21(15-4-6-16(7-5-15)25(31)32-3)20(23(29)24(27)30)22(28)17-8-9-18-19(14-17)34-13-12-33-18/h4-9,14,21,28H,10-13H2,1-3H3/b22-20+/t21-/m0/s1. The first-order valence-corrected chi connectivity index (χ1v) is 10.8. The van der Waals surface area contributed by atoms with Gasteiger partial charge in [-0.3, -0.25) is 9.59 Å². The van der Waals surface area contributed by atoms with E-state index in [0.717, 1.165) is 0 Å². The van der Waals surface area contributed by atoms with Crippen LogP contribution in [-0.2, 0) is 14.3 Å². The van der Waals surface area contributed by atoms with Crippen LogP contribution in [0.25, 0.3) is 5.76 Å². The maximum Gasteiger partial charge on any atom is 0.337 e. The van der Waals surface area contributed by atoms with Crippen LogP contribution in [0.5, 0.6) is 11.5 Å². The molecule has 1 N–H and O–H groups in total. The smallest absolute Gasteiger partial charge is 0.337 e. The first-order chi connectivity index (χ1) is 16.3. The third-order valence-corrected chi connectivity index (χ3v) is 5.79. The molecule has 1 saturated heterocycles. The summed E-state index contributed by atoms with van der Waals surface area (Å²) >= 11 is 0. The van der Waals surface area contributed by atoms with Gasteiger partial charge in [-0.05, 0) is 50.0 Å². The molecule has 1 atom stereocenters. The number of methoxy groups -OCH3 is 1. The highest BCUT2D eigenvalue weighted by Gasteiger charge is 2.46. The minimum Gasteiger partial charge on any atom is -0.507 e. The van der Waals surface area contributed by atoms with E-state index in [9.17, 15) is 19.5 Å². The van der Waals surface area contributed by atoms with Gasteiger partial charge in [0.1, 0.15) is 19.0 Å². The zero-order valence-electron chi connectivity index (χ0n) is 19.2. The van der Waals surface area contributed by atoms with Crippen molar-refractivity contribution in [2.45, 2.75) is 6.04 Å². The van der Waals surface area contributed by atoms with Crippen LogP contribution in [0, 0.1) is 0 Å². The van der Waals surface area contributed by atoms with Crippen LogP contribution in [-0.4, -0.2) is 80.1 Å². The van der Waals surface area contributed by atoms with E-state index in [2.05, 4.69) is 0 Å². The van der Waals surface area contributed by atoms with Crippen molar-refractivity contribution in [2.24, 2.45) is 0 Å². The summed E-state index contributed by atoms with van der Waals surface area (Å²) in [5, 5.41) is 11.2. The lowest BCUT2D eigenvalue weighted by Gasteiger charge is -2.26. The van der Waals surface area contributed by atoms with E-state index in [0.29, 0.717) is 47.9 Å². The van der Waals surface area contributed by atoms with Crippen molar-refractivity contribution in [3.05, 3.63) is 64.7 Å². The molecule has 0 bridgehead atoms. The van der Waals surface area contributed by atoms with Crippen molar-refractivity contribution in [3.8, 4) is 11.5 Å². The molecule has 9 heteroatoms.